The molecule has 3 aromatic heterocycles. The van der Waals surface area contributed by atoms with Crippen LogP contribution in [0.3, 0.4) is 0 Å². The highest BCUT2D eigenvalue weighted by molar-refractivity contribution is 5.86. The molecule has 0 amide bonds. The molecule has 108 valence electrons. The summed E-state index contributed by atoms with van der Waals surface area (Å²) in [6, 6.07) is 5.69. The predicted octanol–water partition coefficient (Wildman–Crippen LogP) is 1.18. The van der Waals surface area contributed by atoms with E-state index < -0.39 is 0 Å². The number of hydrogen-bond donors (Lipinski definition) is 1. The lowest BCUT2D eigenvalue weighted by atomic mass is 10.4. The number of pyridine rings is 1. The van der Waals surface area contributed by atoms with Gasteiger partial charge in [-0.15, -0.1) is 0 Å². The van der Waals surface area contributed by atoms with Crippen molar-refractivity contribution in [1.29, 1.82) is 0 Å². The van der Waals surface area contributed by atoms with Crippen molar-refractivity contribution >= 4 is 16.9 Å². The maximum atomic E-state index is 4.37. The SMILES string of the molecule is CN(C)CCNc1ncnc2c1cnn2-c1ccccn1. The van der Waals surface area contributed by atoms with Gasteiger partial charge in [-0.3, -0.25) is 0 Å². The number of nitrogens with zero attached hydrogens (tertiary/aromatic N) is 6. The average molecular weight is 283 g/mol. The molecule has 7 heteroatoms. The lowest BCUT2D eigenvalue weighted by Gasteiger charge is -2.11. The Morgan fingerprint density at radius 2 is 2.10 bits per heavy atom. The molecule has 3 rings (SSSR count). The Kier molecular flexibility index (Phi) is 3.74. The first-order valence-electron chi connectivity index (χ1n) is 6.74. The van der Waals surface area contributed by atoms with Gasteiger partial charge < -0.3 is 10.2 Å². The number of likely N-dealkylation sites (N-methyl/N-ethyl adjacent to an activating group) is 1. The molecule has 0 aromatic carbocycles. The van der Waals surface area contributed by atoms with Crippen molar-refractivity contribution in [3.8, 4) is 5.82 Å². The largest absolute Gasteiger partial charge is 0.368 e. The second-order valence-electron chi connectivity index (χ2n) is 4.93. The molecule has 1 N–H and O–H groups in total. The molecule has 0 saturated carbocycles. The summed E-state index contributed by atoms with van der Waals surface area (Å²) in [6.45, 7) is 1.74. The molecule has 0 aliphatic rings. The summed E-state index contributed by atoms with van der Waals surface area (Å²) in [7, 11) is 4.08. The van der Waals surface area contributed by atoms with Crippen molar-refractivity contribution in [1.82, 2.24) is 29.6 Å². The van der Waals surface area contributed by atoms with Gasteiger partial charge in [-0.2, -0.15) is 9.78 Å². The Labute approximate surface area is 122 Å². The topological polar surface area (TPSA) is 71.8 Å². The number of anilines is 1. The minimum atomic E-state index is 0.741. The Morgan fingerprint density at radius 1 is 1.19 bits per heavy atom. The third-order valence-electron chi connectivity index (χ3n) is 3.08. The molecular formula is C14H17N7. The number of aromatic nitrogens is 5. The molecule has 0 saturated heterocycles. The van der Waals surface area contributed by atoms with Crippen molar-refractivity contribution in [2.24, 2.45) is 0 Å². The van der Waals surface area contributed by atoms with Crippen LogP contribution in [0.1, 0.15) is 0 Å². The highest BCUT2D eigenvalue weighted by atomic mass is 15.3. The molecule has 3 aromatic rings. The Bertz CT molecular complexity index is 721. The number of rotatable bonds is 5. The fourth-order valence-corrected chi connectivity index (χ4v) is 2.03. The third kappa shape index (κ3) is 2.82. The second-order valence-corrected chi connectivity index (χ2v) is 4.93. The van der Waals surface area contributed by atoms with E-state index in [1.165, 1.54) is 0 Å². The molecule has 0 radical (unpaired) electrons. The maximum absolute atomic E-state index is 4.37. The molecule has 21 heavy (non-hydrogen) atoms. The lowest BCUT2D eigenvalue weighted by molar-refractivity contribution is 0.425. The van der Waals surface area contributed by atoms with Crippen LogP contribution in [0.5, 0.6) is 0 Å². The molecule has 0 aliphatic heterocycles. The summed E-state index contributed by atoms with van der Waals surface area (Å²) in [5, 5.41) is 8.58. The van der Waals surface area contributed by atoms with Gasteiger partial charge in [-0.05, 0) is 26.2 Å². The highest BCUT2D eigenvalue weighted by Crippen LogP contribution is 2.20. The van der Waals surface area contributed by atoms with Gasteiger partial charge in [0.25, 0.3) is 0 Å². The van der Waals surface area contributed by atoms with E-state index in [9.17, 15) is 0 Å². The summed E-state index contributed by atoms with van der Waals surface area (Å²) < 4.78 is 1.72. The van der Waals surface area contributed by atoms with Crippen LogP contribution in [0.25, 0.3) is 16.9 Å². The Hall–Kier alpha value is -2.54. The minimum Gasteiger partial charge on any atom is -0.368 e. The molecule has 0 atom stereocenters. The minimum absolute atomic E-state index is 0.741. The lowest BCUT2D eigenvalue weighted by Crippen LogP contribution is -2.21. The first-order chi connectivity index (χ1) is 10.3. The standard InChI is InChI=1S/C14H17N7/c1-20(2)8-7-16-13-11-9-19-21(14(11)18-10-17-13)12-5-3-4-6-15-12/h3-6,9-10H,7-8H2,1-2H3,(H,16,17,18). The van der Waals surface area contributed by atoms with Gasteiger partial charge in [-0.25, -0.2) is 15.0 Å². The van der Waals surface area contributed by atoms with Gasteiger partial charge in [0.15, 0.2) is 11.5 Å². The fraction of sp³-hybridized carbons (Fsp3) is 0.286. The fourth-order valence-electron chi connectivity index (χ4n) is 2.03. The summed E-state index contributed by atoms with van der Waals surface area (Å²) in [5.41, 5.74) is 0.746. The number of fused-ring (bicyclic) bond motifs is 1. The van der Waals surface area contributed by atoms with Gasteiger partial charge in [0.05, 0.1) is 11.6 Å². The quantitative estimate of drug-likeness (QED) is 0.758. The maximum Gasteiger partial charge on any atom is 0.170 e. The van der Waals surface area contributed by atoms with E-state index in [2.05, 4.69) is 30.3 Å². The zero-order valence-corrected chi connectivity index (χ0v) is 12.1. The molecule has 0 bridgehead atoms. The van der Waals surface area contributed by atoms with Gasteiger partial charge in [-0.1, -0.05) is 6.07 Å². The first-order valence-corrected chi connectivity index (χ1v) is 6.74. The average Bonchev–Trinajstić information content (AvgIpc) is 2.92. The normalized spacial score (nSPS) is 11.2. The van der Waals surface area contributed by atoms with E-state index in [1.807, 2.05) is 32.3 Å². The monoisotopic (exact) mass is 283 g/mol. The molecule has 0 spiro atoms. The first kappa shape index (κ1) is 13.4. The highest BCUT2D eigenvalue weighted by Gasteiger charge is 2.11. The third-order valence-corrected chi connectivity index (χ3v) is 3.08. The van der Waals surface area contributed by atoms with Crippen LogP contribution in [0.2, 0.25) is 0 Å². The zero-order valence-electron chi connectivity index (χ0n) is 12.1. The van der Waals surface area contributed by atoms with Gasteiger partial charge in [0.2, 0.25) is 0 Å². The van der Waals surface area contributed by atoms with Crippen LogP contribution < -0.4 is 5.32 Å². The summed E-state index contributed by atoms with van der Waals surface area (Å²) in [6.07, 6.45) is 5.05. The molecule has 0 fully saturated rings. The van der Waals surface area contributed by atoms with Crippen molar-refractivity contribution in [2.75, 3.05) is 32.5 Å². The van der Waals surface area contributed by atoms with Crippen molar-refractivity contribution < 1.29 is 0 Å². The summed E-state index contributed by atoms with van der Waals surface area (Å²) in [5.74, 6) is 1.54. The molecule has 3 heterocycles. The Balaban J connectivity index is 1.93. The zero-order chi connectivity index (χ0) is 14.7. The van der Waals surface area contributed by atoms with E-state index in [0.717, 1.165) is 35.8 Å². The van der Waals surface area contributed by atoms with E-state index in [0.29, 0.717) is 0 Å². The van der Waals surface area contributed by atoms with Crippen molar-refractivity contribution in [3.05, 3.63) is 36.9 Å². The Morgan fingerprint density at radius 3 is 2.86 bits per heavy atom. The van der Waals surface area contributed by atoms with Crippen molar-refractivity contribution in [3.63, 3.8) is 0 Å². The van der Waals surface area contributed by atoms with Crippen LogP contribution in [0.4, 0.5) is 5.82 Å². The van der Waals surface area contributed by atoms with E-state index >= 15 is 0 Å². The van der Waals surface area contributed by atoms with Crippen LogP contribution in [0.15, 0.2) is 36.9 Å². The predicted molar refractivity (Wildman–Crippen MR) is 81.5 cm³/mol. The van der Waals surface area contributed by atoms with Crippen LogP contribution in [-0.4, -0.2) is 56.8 Å². The second kappa shape index (κ2) is 5.84. The van der Waals surface area contributed by atoms with E-state index in [-0.39, 0.29) is 0 Å². The molecular weight excluding hydrogens is 266 g/mol. The van der Waals surface area contributed by atoms with Gasteiger partial charge in [0, 0.05) is 19.3 Å². The summed E-state index contributed by atoms with van der Waals surface area (Å²) >= 11 is 0. The van der Waals surface area contributed by atoms with Gasteiger partial charge in [0.1, 0.15) is 12.1 Å². The number of nitrogens with one attached hydrogen (secondary N) is 1. The van der Waals surface area contributed by atoms with Crippen LogP contribution >= 0.6 is 0 Å². The van der Waals surface area contributed by atoms with E-state index in [1.54, 1.807) is 23.4 Å². The van der Waals surface area contributed by atoms with Crippen LogP contribution in [0, 0.1) is 0 Å². The molecule has 7 nitrogen and oxygen atoms in total. The van der Waals surface area contributed by atoms with E-state index in [4.69, 9.17) is 0 Å². The van der Waals surface area contributed by atoms with Crippen LogP contribution in [-0.2, 0) is 0 Å². The van der Waals surface area contributed by atoms with Gasteiger partial charge >= 0.3 is 0 Å². The van der Waals surface area contributed by atoms with Crippen molar-refractivity contribution in [2.45, 2.75) is 0 Å². The molecule has 0 unspecified atom stereocenters. The number of hydrogen-bond acceptors (Lipinski definition) is 6. The summed E-state index contributed by atoms with van der Waals surface area (Å²) in [4.78, 5) is 15.0. The molecule has 0 aliphatic carbocycles. The smallest absolute Gasteiger partial charge is 0.170 e.